The molecular weight excluding hydrogens is 388 g/mol. The van der Waals surface area contributed by atoms with E-state index in [0.29, 0.717) is 12.5 Å². The van der Waals surface area contributed by atoms with Crippen LogP contribution >= 0.6 is 23.4 Å². The minimum absolute atomic E-state index is 0.0277. The molecule has 0 aromatic heterocycles. The third-order valence-electron chi connectivity index (χ3n) is 5.18. The van der Waals surface area contributed by atoms with Gasteiger partial charge in [0.25, 0.3) is 5.91 Å². The summed E-state index contributed by atoms with van der Waals surface area (Å²) in [5.41, 5.74) is 3.66. The lowest BCUT2D eigenvalue weighted by Gasteiger charge is -2.28. The number of halogens is 1. The molecule has 1 fully saturated rings. The van der Waals surface area contributed by atoms with Gasteiger partial charge in [0.1, 0.15) is 11.9 Å². The molecule has 0 saturated carbocycles. The predicted octanol–water partition coefficient (Wildman–Crippen LogP) is 3.96. The number of thioether (sulfide) groups is 1. The number of aryl methyl sites for hydroxylation is 1. The van der Waals surface area contributed by atoms with Crippen LogP contribution in [0.2, 0.25) is 5.02 Å². The molecule has 1 amide bonds. The summed E-state index contributed by atoms with van der Waals surface area (Å²) in [6.07, 6.45) is 0. The summed E-state index contributed by atoms with van der Waals surface area (Å²) in [7, 11) is 0. The van der Waals surface area contributed by atoms with Gasteiger partial charge in [0, 0.05) is 34.4 Å². The molecule has 1 heterocycles. The van der Waals surface area contributed by atoms with Gasteiger partial charge in [-0.2, -0.15) is 0 Å². The highest BCUT2D eigenvalue weighted by atomic mass is 35.5. The van der Waals surface area contributed by atoms with Crippen molar-refractivity contribution in [2.75, 3.05) is 25.4 Å². The van der Waals surface area contributed by atoms with Gasteiger partial charge in [0.2, 0.25) is 0 Å². The largest absolute Gasteiger partial charge is 0.323 e. The molecule has 2 aromatic carbocycles. The summed E-state index contributed by atoms with van der Waals surface area (Å²) in [5.74, 6) is 1.72. The van der Waals surface area contributed by atoms with Gasteiger partial charge in [-0.1, -0.05) is 67.9 Å². The molecule has 0 spiro atoms. The number of nitrogens with zero attached hydrogens (tertiary/aromatic N) is 1. The monoisotopic (exact) mass is 417 g/mol. The molecule has 2 atom stereocenters. The molecular formula is C23H30ClN2OS+. The molecule has 1 aliphatic rings. The van der Waals surface area contributed by atoms with Crippen molar-refractivity contribution in [1.82, 2.24) is 4.90 Å². The lowest BCUT2D eigenvalue weighted by atomic mass is 10.1. The average Bonchev–Trinajstić information content (AvgIpc) is 3.13. The van der Waals surface area contributed by atoms with Gasteiger partial charge in [0.15, 0.2) is 6.54 Å². The molecule has 1 unspecified atom stereocenters. The van der Waals surface area contributed by atoms with E-state index in [0.717, 1.165) is 36.0 Å². The molecule has 150 valence electrons. The second-order valence-corrected chi connectivity index (χ2v) is 9.56. The van der Waals surface area contributed by atoms with Crippen molar-refractivity contribution in [3.8, 4) is 0 Å². The number of nitrogens with one attached hydrogen (secondary N) is 1. The lowest BCUT2D eigenvalue weighted by Crippen LogP contribution is -3.12. The molecule has 0 aliphatic carbocycles. The predicted molar refractivity (Wildman–Crippen MR) is 119 cm³/mol. The van der Waals surface area contributed by atoms with E-state index in [2.05, 4.69) is 45.0 Å². The fourth-order valence-corrected chi connectivity index (χ4v) is 5.45. The Kier molecular flexibility index (Phi) is 7.44. The number of quaternary nitrogens is 1. The van der Waals surface area contributed by atoms with E-state index >= 15 is 0 Å². The Morgan fingerprint density at radius 2 is 1.93 bits per heavy atom. The molecule has 28 heavy (non-hydrogen) atoms. The van der Waals surface area contributed by atoms with E-state index in [9.17, 15) is 4.79 Å². The van der Waals surface area contributed by atoms with Crippen molar-refractivity contribution in [3.63, 3.8) is 0 Å². The minimum Gasteiger partial charge on any atom is -0.323 e. The van der Waals surface area contributed by atoms with E-state index in [-0.39, 0.29) is 11.3 Å². The summed E-state index contributed by atoms with van der Waals surface area (Å²) in [6.45, 7) is 9.77. The van der Waals surface area contributed by atoms with Crippen molar-refractivity contribution in [3.05, 3.63) is 70.2 Å². The van der Waals surface area contributed by atoms with E-state index in [4.69, 9.17) is 11.6 Å². The molecule has 0 bridgehead atoms. The number of carbonyl (C=O) groups excluding carboxylic acids is 1. The van der Waals surface area contributed by atoms with E-state index in [1.165, 1.54) is 16.0 Å². The summed E-state index contributed by atoms with van der Waals surface area (Å²) < 4.78 is 0. The van der Waals surface area contributed by atoms with Crippen LogP contribution in [-0.4, -0.2) is 36.2 Å². The second kappa shape index (κ2) is 9.82. The number of amides is 1. The Morgan fingerprint density at radius 3 is 2.64 bits per heavy atom. The number of benzene rings is 2. The molecule has 0 radical (unpaired) electrons. The normalized spacial score (nSPS) is 17.9. The van der Waals surface area contributed by atoms with Crippen molar-refractivity contribution < 1.29 is 9.69 Å². The minimum atomic E-state index is 0.0277. The van der Waals surface area contributed by atoms with Gasteiger partial charge in [0.05, 0.1) is 6.54 Å². The van der Waals surface area contributed by atoms with Crippen LogP contribution in [0.25, 0.3) is 0 Å². The lowest BCUT2D eigenvalue weighted by molar-refractivity contribution is -0.909. The Bertz CT molecular complexity index is 811. The topological polar surface area (TPSA) is 24.8 Å². The Balaban J connectivity index is 1.73. The van der Waals surface area contributed by atoms with Crippen molar-refractivity contribution in [1.29, 1.82) is 0 Å². The fourth-order valence-electron chi connectivity index (χ4n) is 3.84. The molecule has 3 rings (SSSR count). The highest BCUT2D eigenvalue weighted by Crippen LogP contribution is 2.40. The maximum atomic E-state index is 13.3. The van der Waals surface area contributed by atoms with Gasteiger partial charge in [-0.15, -0.1) is 11.8 Å². The van der Waals surface area contributed by atoms with Crippen molar-refractivity contribution in [2.45, 2.75) is 32.7 Å². The molecule has 1 N–H and O–H groups in total. The average molecular weight is 418 g/mol. The van der Waals surface area contributed by atoms with Crippen LogP contribution in [0.1, 0.15) is 35.9 Å². The van der Waals surface area contributed by atoms with Crippen molar-refractivity contribution in [2.24, 2.45) is 5.92 Å². The van der Waals surface area contributed by atoms with Crippen LogP contribution in [0.15, 0.2) is 48.5 Å². The highest BCUT2D eigenvalue weighted by Gasteiger charge is 2.33. The number of hydrogen-bond donors (Lipinski definition) is 1. The van der Waals surface area contributed by atoms with Crippen LogP contribution in [0.3, 0.4) is 0 Å². The van der Waals surface area contributed by atoms with E-state index in [1.54, 1.807) is 11.8 Å². The number of rotatable bonds is 7. The fraction of sp³-hybridized carbons (Fsp3) is 0.435. The van der Waals surface area contributed by atoms with Crippen LogP contribution < -0.4 is 4.90 Å². The Morgan fingerprint density at radius 1 is 1.21 bits per heavy atom. The molecule has 3 nitrogen and oxygen atoms in total. The quantitative estimate of drug-likeness (QED) is 0.737. The standard InChI is InChI=1S/C23H29ClN2OS/c1-17(2)14-25(15-19-9-5-4-8-18(19)3)16-22(27)26-12-13-28-23(26)20-10-6-7-11-21(20)24/h4-11,17,23H,12-16H2,1-3H3/p+1/t23-/m0/s1. The molecule has 1 saturated heterocycles. The zero-order chi connectivity index (χ0) is 20.1. The second-order valence-electron chi connectivity index (χ2n) is 7.96. The Hall–Kier alpha value is -1.49. The van der Waals surface area contributed by atoms with Gasteiger partial charge >= 0.3 is 0 Å². The van der Waals surface area contributed by atoms with Crippen LogP contribution in [0, 0.1) is 12.8 Å². The van der Waals surface area contributed by atoms with Crippen LogP contribution in [0.5, 0.6) is 0 Å². The van der Waals surface area contributed by atoms with E-state index < -0.39 is 0 Å². The van der Waals surface area contributed by atoms with Crippen LogP contribution in [-0.2, 0) is 11.3 Å². The maximum absolute atomic E-state index is 13.3. The first-order chi connectivity index (χ1) is 13.5. The number of hydrogen-bond acceptors (Lipinski definition) is 2. The summed E-state index contributed by atoms with van der Waals surface area (Å²) >= 11 is 8.22. The maximum Gasteiger partial charge on any atom is 0.278 e. The molecule has 5 heteroatoms. The third-order valence-corrected chi connectivity index (χ3v) is 6.77. The Labute approximate surface area is 178 Å². The summed E-state index contributed by atoms with van der Waals surface area (Å²) in [6, 6.07) is 16.4. The van der Waals surface area contributed by atoms with Crippen LogP contribution in [0.4, 0.5) is 0 Å². The van der Waals surface area contributed by atoms with Gasteiger partial charge in [-0.05, 0) is 18.6 Å². The molecule has 2 aromatic rings. The van der Waals surface area contributed by atoms with Crippen molar-refractivity contribution >= 4 is 29.3 Å². The molecule has 1 aliphatic heterocycles. The zero-order valence-corrected chi connectivity index (χ0v) is 18.5. The first kappa shape index (κ1) is 21.2. The highest BCUT2D eigenvalue weighted by molar-refractivity contribution is 7.99. The first-order valence-electron chi connectivity index (χ1n) is 9.99. The third kappa shape index (κ3) is 5.31. The number of carbonyl (C=O) groups is 1. The SMILES string of the molecule is Cc1ccccc1C[NH+](CC(=O)N1CCS[C@H]1c1ccccc1Cl)CC(C)C. The zero-order valence-electron chi connectivity index (χ0n) is 17.0. The first-order valence-corrected chi connectivity index (χ1v) is 11.4. The van der Waals surface area contributed by atoms with Gasteiger partial charge in [-0.25, -0.2) is 0 Å². The smallest absolute Gasteiger partial charge is 0.278 e. The summed E-state index contributed by atoms with van der Waals surface area (Å²) in [5, 5.41) is 0.769. The van der Waals surface area contributed by atoms with Gasteiger partial charge < -0.3 is 9.80 Å². The van der Waals surface area contributed by atoms with E-state index in [1.807, 2.05) is 29.2 Å². The summed E-state index contributed by atoms with van der Waals surface area (Å²) in [4.78, 5) is 16.6. The van der Waals surface area contributed by atoms with Gasteiger partial charge in [-0.3, -0.25) is 4.79 Å².